The summed E-state index contributed by atoms with van der Waals surface area (Å²) in [7, 11) is 1.61. The molecule has 7 heteroatoms. The van der Waals surface area contributed by atoms with Gasteiger partial charge in [-0.25, -0.2) is 4.39 Å². The van der Waals surface area contributed by atoms with Gasteiger partial charge in [-0.2, -0.15) is 10.1 Å². The maximum Gasteiger partial charge on any atom is 0.249 e. The van der Waals surface area contributed by atoms with Gasteiger partial charge in [-0.1, -0.05) is 18.2 Å². The molecule has 0 bridgehead atoms. The smallest absolute Gasteiger partial charge is 0.249 e. The van der Waals surface area contributed by atoms with E-state index in [0.717, 1.165) is 17.0 Å². The molecular formula is C17H16FN5O. The SMILES string of the molecule is COc1cccc(Nc2nncc(NCc3ccc(F)cc3)n2)c1. The molecule has 0 amide bonds. The molecule has 0 spiro atoms. The molecule has 1 aromatic heterocycles. The van der Waals surface area contributed by atoms with Gasteiger partial charge in [0, 0.05) is 18.3 Å². The highest BCUT2D eigenvalue weighted by atomic mass is 19.1. The highest BCUT2D eigenvalue weighted by Gasteiger charge is 2.03. The summed E-state index contributed by atoms with van der Waals surface area (Å²) in [6, 6.07) is 13.7. The second-order valence-corrected chi connectivity index (χ2v) is 5.00. The van der Waals surface area contributed by atoms with Crippen LogP contribution >= 0.6 is 0 Å². The summed E-state index contributed by atoms with van der Waals surface area (Å²) >= 11 is 0. The standard InChI is InChI=1S/C17H16FN5O/c1-24-15-4-2-3-14(9-15)21-17-22-16(11-20-23-17)19-10-12-5-7-13(18)8-6-12/h2-9,11H,10H2,1H3,(H2,19,21,22,23). The Morgan fingerprint density at radius 2 is 1.96 bits per heavy atom. The van der Waals surface area contributed by atoms with Crippen molar-refractivity contribution < 1.29 is 9.13 Å². The molecule has 3 aromatic rings. The van der Waals surface area contributed by atoms with Gasteiger partial charge in [0.1, 0.15) is 11.6 Å². The highest BCUT2D eigenvalue weighted by molar-refractivity contribution is 5.56. The summed E-state index contributed by atoms with van der Waals surface area (Å²) in [4.78, 5) is 4.35. The van der Waals surface area contributed by atoms with Crippen molar-refractivity contribution in [2.75, 3.05) is 17.7 Å². The first-order valence-electron chi connectivity index (χ1n) is 7.32. The van der Waals surface area contributed by atoms with E-state index in [-0.39, 0.29) is 5.82 Å². The minimum absolute atomic E-state index is 0.257. The number of aromatic nitrogens is 3. The zero-order chi connectivity index (χ0) is 16.8. The quantitative estimate of drug-likeness (QED) is 0.724. The van der Waals surface area contributed by atoms with E-state index in [2.05, 4.69) is 25.8 Å². The molecule has 3 rings (SSSR count). The van der Waals surface area contributed by atoms with Crippen molar-refractivity contribution in [1.29, 1.82) is 0 Å². The lowest BCUT2D eigenvalue weighted by Crippen LogP contribution is -2.05. The van der Waals surface area contributed by atoms with E-state index in [1.807, 2.05) is 24.3 Å². The lowest BCUT2D eigenvalue weighted by Gasteiger charge is -2.08. The van der Waals surface area contributed by atoms with Crippen molar-refractivity contribution in [3.8, 4) is 5.75 Å². The van der Waals surface area contributed by atoms with Crippen LogP contribution < -0.4 is 15.4 Å². The Labute approximate surface area is 138 Å². The zero-order valence-electron chi connectivity index (χ0n) is 13.0. The molecule has 0 radical (unpaired) electrons. The van der Waals surface area contributed by atoms with Gasteiger partial charge in [-0.05, 0) is 29.8 Å². The number of rotatable bonds is 6. The van der Waals surface area contributed by atoms with Crippen molar-refractivity contribution in [1.82, 2.24) is 15.2 Å². The zero-order valence-corrected chi connectivity index (χ0v) is 13.0. The van der Waals surface area contributed by atoms with Crippen LogP contribution in [0.4, 0.5) is 21.8 Å². The van der Waals surface area contributed by atoms with Gasteiger partial charge < -0.3 is 15.4 Å². The first-order chi connectivity index (χ1) is 11.7. The Morgan fingerprint density at radius 3 is 2.75 bits per heavy atom. The fraction of sp³-hybridized carbons (Fsp3) is 0.118. The molecule has 122 valence electrons. The number of benzene rings is 2. The summed E-state index contributed by atoms with van der Waals surface area (Å²) in [5, 5.41) is 14.1. The topological polar surface area (TPSA) is 72.0 Å². The minimum atomic E-state index is -0.257. The van der Waals surface area contributed by atoms with Gasteiger partial charge in [0.25, 0.3) is 0 Å². The minimum Gasteiger partial charge on any atom is -0.497 e. The molecule has 2 aromatic carbocycles. The fourth-order valence-corrected chi connectivity index (χ4v) is 2.07. The summed E-state index contributed by atoms with van der Waals surface area (Å²) in [5.41, 5.74) is 1.74. The van der Waals surface area contributed by atoms with E-state index in [9.17, 15) is 4.39 Å². The molecule has 0 saturated heterocycles. The van der Waals surface area contributed by atoms with E-state index >= 15 is 0 Å². The van der Waals surface area contributed by atoms with Crippen LogP contribution in [0.2, 0.25) is 0 Å². The van der Waals surface area contributed by atoms with Crippen molar-refractivity contribution >= 4 is 17.5 Å². The predicted molar refractivity (Wildman–Crippen MR) is 89.8 cm³/mol. The molecule has 0 aliphatic rings. The van der Waals surface area contributed by atoms with Crippen molar-refractivity contribution in [3.63, 3.8) is 0 Å². The molecule has 0 atom stereocenters. The van der Waals surface area contributed by atoms with E-state index in [0.29, 0.717) is 18.3 Å². The Kier molecular flexibility index (Phi) is 4.81. The van der Waals surface area contributed by atoms with Crippen LogP contribution in [0.25, 0.3) is 0 Å². The number of halogens is 1. The molecule has 0 aliphatic heterocycles. The number of hydrogen-bond donors (Lipinski definition) is 2. The summed E-state index contributed by atoms with van der Waals surface area (Å²) in [6.45, 7) is 0.511. The second-order valence-electron chi connectivity index (χ2n) is 5.00. The largest absolute Gasteiger partial charge is 0.497 e. The monoisotopic (exact) mass is 325 g/mol. The average molecular weight is 325 g/mol. The van der Waals surface area contributed by atoms with Crippen molar-refractivity contribution in [2.24, 2.45) is 0 Å². The molecule has 2 N–H and O–H groups in total. The lowest BCUT2D eigenvalue weighted by atomic mass is 10.2. The summed E-state index contributed by atoms with van der Waals surface area (Å²) < 4.78 is 18.1. The van der Waals surface area contributed by atoms with Crippen LogP contribution in [-0.4, -0.2) is 22.3 Å². The predicted octanol–water partition coefficient (Wildman–Crippen LogP) is 3.38. The van der Waals surface area contributed by atoms with Gasteiger partial charge in [-0.3, -0.25) is 0 Å². The first kappa shape index (κ1) is 15.7. The van der Waals surface area contributed by atoms with E-state index in [1.165, 1.54) is 18.3 Å². The van der Waals surface area contributed by atoms with Crippen molar-refractivity contribution in [2.45, 2.75) is 6.54 Å². The maximum absolute atomic E-state index is 12.9. The molecule has 6 nitrogen and oxygen atoms in total. The fourth-order valence-electron chi connectivity index (χ4n) is 2.07. The van der Waals surface area contributed by atoms with Gasteiger partial charge in [0.05, 0.1) is 13.3 Å². The number of methoxy groups -OCH3 is 1. The highest BCUT2D eigenvalue weighted by Crippen LogP contribution is 2.19. The lowest BCUT2D eigenvalue weighted by molar-refractivity contribution is 0.415. The molecule has 0 fully saturated rings. The van der Waals surface area contributed by atoms with Gasteiger partial charge >= 0.3 is 0 Å². The van der Waals surface area contributed by atoms with E-state index in [4.69, 9.17) is 4.74 Å². The van der Waals surface area contributed by atoms with Crippen molar-refractivity contribution in [3.05, 3.63) is 66.1 Å². The number of anilines is 3. The Bertz CT molecular complexity index is 810. The Hall–Kier alpha value is -3.22. The molecule has 0 unspecified atom stereocenters. The number of hydrogen-bond acceptors (Lipinski definition) is 6. The van der Waals surface area contributed by atoms with Crippen LogP contribution in [-0.2, 0) is 6.54 Å². The van der Waals surface area contributed by atoms with Crippen LogP contribution in [0.15, 0.2) is 54.7 Å². The third-order valence-electron chi connectivity index (χ3n) is 3.27. The number of ether oxygens (including phenoxy) is 1. The van der Waals surface area contributed by atoms with Gasteiger partial charge in [0.2, 0.25) is 5.95 Å². The third-order valence-corrected chi connectivity index (χ3v) is 3.27. The Balaban J connectivity index is 1.66. The molecule has 0 aliphatic carbocycles. The first-order valence-corrected chi connectivity index (χ1v) is 7.32. The average Bonchev–Trinajstić information content (AvgIpc) is 2.62. The van der Waals surface area contributed by atoms with Crippen LogP contribution in [0.5, 0.6) is 5.75 Å². The van der Waals surface area contributed by atoms with Crippen LogP contribution in [0, 0.1) is 5.82 Å². The van der Waals surface area contributed by atoms with Gasteiger partial charge in [0.15, 0.2) is 5.82 Å². The Morgan fingerprint density at radius 1 is 1.12 bits per heavy atom. The van der Waals surface area contributed by atoms with Crippen LogP contribution in [0.1, 0.15) is 5.56 Å². The summed E-state index contributed by atoms with van der Waals surface area (Å²) in [6.07, 6.45) is 1.53. The summed E-state index contributed by atoms with van der Waals surface area (Å²) in [5.74, 6) is 1.41. The molecular weight excluding hydrogens is 309 g/mol. The maximum atomic E-state index is 12.9. The van der Waals surface area contributed by atoms with E-state index in [1.54, 1.807) is 19.2 Å². The number of nitrogens with one attached hydrogen (secondary N) is 2. The van der Waals surface area contributed by atoms with Gasteiger partial charge in [-0.15, -0.1) is 5.10 Å². The number of nitrogens with zero attached hydrogens (tertiary/aromatic N) is 3. The molecule has 24 heavy (non-hydrogen) atoms. The second kappa shape index (κ2) is 7.36. The van der Waals surface area contributed by atoms with Crippen LogP contribution in [0.3, 0.4) is 0 Å². The molecule has 1 heterocycles. The normalized spacial score (nSPS) is 10.2. The third kappa shape index (κ3) is 4.16. The molecule has 0 saturated carbocycles. The van der Waals surface area contributed by atoms with E-state index < -0.39 is 0 Å².